The predicted molar refractivity (Wildman–Crippen MR) is 176 cm³/mol. The van der Waals surface area contributed by atoms with Gasteiger partial charge in [-0.2, -0.15) is 0 Å². The van der Waals surface area contributed by atoms with Crippen LogP contribution >= 0.6 is 23.1 Å². The van der Waals surface area contributed by atoms with E-state index in [0.717, 1.165) is 20.7 Å². The van der Waals surface area contributed by atoms with Crippen molar-refractivity contribution in [3.05, 3.63) is 125 Å². The molecule has 7 nitrogen and oxygen atoms in total. The maximum atomic E-state index is 14.5. The molecule has 0 aliphatic heterocycles. The van der Waals surface area contributed by atoms with Crippen molar-refractivity contribution >= 4 is 67.9 Å². The molecule has 0 fully saturated rings. The molecule has 1 atom stereocenters. The molecule has 5 aromatic rings. The summed E-state index contributed by atoms with van der Waals surface area (Å²) >= 11 is 2.80. The van der Waals surface area contributed by atoms with E-state index in [0.29, 0.717) is 22.8 Å². The molecule has 0 saturated carbocycles. The number of benzene rings is 4. The van der Waals surface area contributed by atoms with Crippen molar-refractivity contribution in [3.63, 3.8) is 0 Å². The second-order valence-corrected chi connectivity index (χ2v) is 12.2. The molecule has 1 aromatic heterocycles. The van der Waals surface area contributed by atoms with E-state index in [1.807, 2.05) is 38.1 Å². The molecule has 0 aliphatic rings. The number of hydrogen-bond donors (Lipinski definition) is 3. The second kappa shape index (κ2) is 14.1. The third-order valence-electron chi connectivity index (χ3n) is 6.54. The van der Waals surface area contributed by atoms with Crippen LogP contribution in [0.15, 0.2) is 108 Å². The van der Waals surface area contributed by atoms with Crippen LogP contribution in [0.1, 0.15) is 34.8 Å². The first-order chi connectivity index (χ1) is 21.3. The van der Waals surface area contributed by atoms with Gasteiger partial charge in [0.15, 0.2) is 5.13 Å². The molecule has 0 aliphatic carbocycles. The molecule has 0 bridgehead atoms. The van der Waals surface area contributed by atoms with Gasteiger partial charge in [0.05, 0.1) is 15.5 Å². The van der Waals surface area contributed by atoms with Gasteiger partial charge in [-0.1, -0.05) is 66.8 Å². The summed E-state index contributed by atoms with van der Waals surface area (Å²) < 4.78 is 15.5. The molecule has 5 rings (SSSR count). The Bertz CT molecular complexity index is 1860. The van der Waals surface area contributed by atoms with E-state index < -0.39 is 22.9 Å². The van der Waals surface area contributed by atoms with Gasteiger partial charge in [-0.05, 0) is 73.5 Å². The first-order valence-corrected chi connectivity index (χ1v) is 15.6. The number of aryl methyl sites for hydroxylation is 1. The van der Waals surface area contributed by atoms with Gasteiger partial charge >= 0.3 is 0 Å². The SMILES string of the molecule is CCC(Sc1cccc(NC(=O)/C(=C/c2ccccc2F)NC(=O)c2ccccc2)c1)C(=O)Nc1nc2ccc(C)cc2s1. The van der Waals surface area contributed by atoms with E-state index in [-0.39, 0.29) is 17.2 Å². The van der Waals surface area contributed by atoms with Crippen LogP contribution in [0.5, 0.6) is 0 Å². The Morgan fingerprint density at radius 3 is 2.48 bits per heavy atom. The molecule has 0 radical (unpaired) electrons. The summed E-state index contributed by atoms with van der Waals surface area (Å²) in [6.07, 6.45) is 1.86. The Morgan fingerprint density at radius 1 is 0.932 bits per heavy atom. The van der Waals surface area contributed by atoms with Crippen LogP contribution in [-0.4, -0.2) is 28.0 Å². The monoisotopic (exact) mass is 624 g/mol. The largest absolute Gasteiger partial charge is 0.321 e. The van der Waals surface area contributed by atoms with Crippen LogP contribution in [0.25, 0.3) is 16.3 Å². The first-order valence-electron chi connectivity index (χ1n) is 13.9. The fraction of sp³-hybridized carbons (Fsp3) is 0.118. The van der Waals surface area contributed by atoms with Gasteiger partial charge in [0.1, 0.15) is 11.5 Å². The minimum absolute atomic E-state index is 0.126. The van der Waals surface area contributed by atoms with Gasteiger partial charge in [-0.15, -0.1) is 11.8 Å². The van der Waals surface area contributed by atoms with Crippen molar-refractivity contribution < 1.29 is 18.8 Å². The molecule has 4 aromatic carbocycles. The van der Waals surface area contributed by atoms with Gasteiger partial charge in [0.25, 0.3) is 11.8 Å². The Hall–Kier alpha value is -4.80. The summed E-state index contributed by atoms with van der Waals surface area (Å²) in [6.45, 7) is 3.94. The lowest BCUT2D eigenvalue weighted by Crippen LogP contribution is -2.30. The number of rotatable bonds is 10. The molecule has 10 heteroatoms. The Morgan fingerprint density at radius 2 is 1.70 bits per heavy atom. The number of carbonyl (C=O) groups excluding carboxylic acids is 3. The van der Waals surface area contributed by atoms with E-state index in [4.69, 9.17) is 0 Å². The summed E-state index contributed by atoms with van der Waals surface area (Å²) in [6, 6.07) is 27.4. The van der Waals surface area contributed by atoms with E-state index in [2.05, 4.69) is 20.9 Å². The highest BCUT2D eigenvalue weighted by Crippen LogP contribution is 2.31. The molecular weight excluding hydrogens is 596 g/mol. The maximum absolute atomic E-state index is 14.5. The molecule has 1 unspecified atom stereocenters. The second-order valence-electron chi connectivity index (χ2n) is 9.88. The standard InChI is InChI=1S/C34H29FN4O3S2/c1-3-29(33(42)39-34-38-27-17-16-21(2)18-30(27)44-34)43-25-14-9-13-24(20-25)36-32(41)28(19-23-12-7-8-15-26(23)35)37-31(40)22-10-5-4-6-11-22/h4-20,29H,3H2,1-2H3,(H,36,41)(H,37,40)(H,38,39,42)/b28-19-. The number of anilines is 2. The fourth-order valence-electron chi connectivity index (χ4n) is 4.29. The third kappa shape index (κ3) is 7.77. The lowest BCUT2D eigenvalue weighted by molar-refractivity contribution is -0.116. The lowest BCUT2D eigenvalue weighted by Gasteiger charge is -2.15. The highest BCUT2D eigenvalue weighted by Gasteiger charge is 2.21. The average molecular weight is 625 g/mol. The van der Waals surface area contributed by atoms with Crippen LogP contribution in [-0.2, 0) is 9.59 Å². The van der Waals surface area contributed by atoms with Crippen molar-refractivity contribution in [1.82, 2.24) is 10.3 Å². The summed E-state index contributed by atoms with van der Waals surface area (Å²) in [4.78, 5) is 44.7. The predicted octanol–water partition coefficient (Wildman–Crippen LogP) is 7.66. The Labute approximate surface area is 262 Å². The maximum Gasteiger partial charge on any atom is 0.272 e. The molecule has 3 amide bonds. The van der Waals surface area contributed by atoms with E-state index in [9.17, 15) is 18.8 Å². The molecule has 1 heterocycles. The van der Waals surface area contributed by atoms with E-state index in [1.54, 1.807) is 60.7 Å². The van der Waals surface area contributed by atoms with Gasteiger partial charge in [-0.25, -0.2) is 9.37 Å². The smallest absolute Gasteiger partial charge is 0.272 e. The van der Waals surface area contributed by atoms with Crippen molar-refractivity contribution in [2.45, 2.75) is 30.4 Å². The molecular formula is C34H29FN4O3S2. The Kier molecular flexibility index (Phi) is 9.83. The van der Waals surface area contributed by atoms with E-state index >= 15 is 0 Å². The zero-order chi connectivity index (χ0) is 31.1. The van der Waals surface area contributed by atoms with Gasteiger partial charge in [-0.3, -0.25) is 14.4 Å². The first kappa shape index (κ1) is 30.7. The summed E-state index contributed by atoms with van der Waals surface area (Å²) in [5.41, 5.74) is 2.78. The number of nitrogens with zero attached hydrogens (tertiary/aromatic N) is 1. The number of aromatic nitrogens is 1. The highest BCUT2D eigenvalue weighted by atomic mass is 32.2. The van der Waals surface area contributed by atoms with Crippen LogP contribution in [0.2, 0.25) is 0 Å². The molecule has 0 spiro atoms. The average Bonchev–Trinajstić information content (AvgIpc) is 3.42. The molecule has 44 heavy (non-hydrogen) atoms. The minimum atomic E-state index is -0.629. The van der Waals surface area contributed by atoms with Crippen molar-refractivity contribution in [2.75, 3.05) is 10.6 Å². The number of carbonyl (C=O) groups is 3. The number of halogens is 1. The fourth-order valence-corrected chi connectivity index (χ4v) is 6.27. The van der Waals surface area contributed by atoms with Crippen LogP contribution in [0.3, 0.4) is 0 Å². The Balaban J connectivity index is 1.30. The third-order valence-corrected chi connectivity index (χ3v) is 8.83. The van der Waals surface area contributed by atoms with Crippen LogP contribution < -0.4 is 16.0 Å². The number of nitrogens with one attached hydrogen (secondary N) is 3. The highest BCUT2D eigenvalue weighted by molar-refractivity contribution is 8.00. The van der Waals surface area contributed by atoms with Gasteiger partial charge in [0.2, 0.25) is 5.91 Å². The number of hydrogen-bond acceptors (Lipinski definition) is 6. The minimum Gasteiger partial charge on any atom is -0.321 e. The van der Waals surface area contributed by atoms with Crippen LogP contribution in [0, 0.1) is 12.7 Å². The summed E-state index contributed by atoms with van der Waals surface area (Å²) in [7, 11) is 0. The zero-order valence-electron chi connectivity index (χ0n) is 24.0. The van der Waals surface area contributed by atoms with Gasteiger partial charge in [0, 0.05) is 21.7 Å². The van der Waals surface area contributed by atoms with Crippen molar-refractivity contribution in [1.29, 1.82) is 0 Å². The number of thiazole rings is 1. The number of fused-ring (bicyclic) bond motifs is 1. The van der Waals surface area contributed by atoms with Crippen molar-refractivity contribution in [3.8, 4) is 0 Å². The normalized spacial score (nSPS) is 12.0. The lowest BCUT2D eigenvalue weighted by atomic mass is 10.1. The van der Waals surface area contributed by atoms with E-state index in [1.165, 1.54) is 41.3 Å². The van der Waals surface area contributed by atoms with Crippen LogP contribution in [0.4, 0.5) is 15.2 Å². The summed E-state index contributed by atoms with van der Waals surface area (Å²) in [5.74, 6) is -1.83. The topological polar surface area (TPSA) is 100 Å². The molecule has 222 valence electrons. The molecule has 3 N–H and O–H groups in total. The molecule has 0 saturated heterocycles. The number of thioether (sulfide) groups is 1. The number of amides is 3. The zero-order valence-corrected chi connectivity index (χ0v) is 25.6. The van der Waals surface area contributed by atoms with Crippen molar-refractivity contribution in [2.24, 2.45) is 0 Å². The quantitative estimate of drug-likeness (QED) is 0.109. The summed E-state index contributed by atoms with van der Waals surface area (Å²) in [5, 5.41) is 8.49. The van der Waals surface area contributed by atoms with Gasteiger partial charge < -0.3 is 16.0 Å².